The van der Waals surface area contributed by atoms with Crippen LogP contribution in [0.15, 0.2) is 48.5 Å². The van der Waals surface area contributed by atoms with Crippen molar-refractivity contribution in [3.63, 3.8) is 0 Å². The van der Waals surface area contributed by atoms with E-state index < -0.39 is 30.1 Å². The number of carbonyl (C=O) groups is 3. The lowest BCUT2D eigenvalue weighted by Crippen LogP contribution is -2.52. The first-order valence-corrected chi connectivity index (χ1v) is 12.1. The second-order valence-corrected chi connectivity index (χ2v) is 9.13. The number of nitrogens with one attached hydrogen (secondary N) is 2. The van der Waals surface area contributed by atoms with Crippen LogP contribution in [-0.4, -0.2) is 41.8 Å². The third-order valence-corrected chi connectivity index (χ3v) is 7.02. The van der Waals surface area contributed by atoms with Crippen molar-refractivity contribution in [3.8, 4) is 11.1 Å². The number of fused-ring (bicyclic) bond motifs is 3. The van der Waals surface area contributed by atoms with Gasteiger partial charge in [-0.05, 0) is 41.5 Å². The fraction of sp³-hybridized carbons (Fsp3) is 0.444. The van der Waals surface area contributed by atoms with Crippen LogP contribution in [0.1, 0.15) is 62.5 Å². The summed E-state index contributed by atoms with van der Waals surface area (Å²) >= 11 is 0. The summed E-state index contributed by atoms with van der Waals surface area (Å²) in [6.45, 7) is 1.97. The van der Waals surface area contributed by atoms with E-state index in [1.165, 1.54) is 0 Å². The maximum absolute atomic E-state index is 12.9. The van der Waals surface area contributed by atoms with Crippen molar-refractivity contribution in [2.75, 3.05) is 6.61 Å². The molecule has 2 aliphatic carbocycles. The lowest BCUT2D eigenvalue weighted by atomic mass is 9.94. The highest BCUT2D eigenvalue weighted by molar-refractivity contribution is 5.86. The van der Waals surface area contributed by atoms with Crippen molar-refractivity contribution < 1.29 is 24.2 Å². The SMILES string of the molecule is CCC(NC(=O)OCC1c2ccccc2-c2ccccc21)C(=O)N[C@H]1CCCCC[C@H]1C(=O)O. The van der Waals surface area contributed by atoms with Crippen LogP contribution in [0.25, 0.3) is 11.1 Å². The number of carboxylic acid groups (broad SMARTS) is 1. The molecule has 7 nitrogen and oxygen atoms in total. The van der Waals surface area contributed by atoms with E-state index in [1.807, 2.05) is 24.3 Å². The summed E-state index contributed by atoms with van der Waals surface area (Å²) in [5, 5.41) is 15.1. The zero-order valence-electron chi connectivity index (χ0n) is 19.5. The summed E-state index contributed by atoms with van der Waals surface area (Å²) in [6.07, 6.45) is 3.59. The lowest BCUT2D eigenvalue weighted by Gasteiger charge is -2.25. The number of carbonyl (C=O) groups excluding carboxylic acids is 2. The lowest BCUT2D eigenvalue weighted by molar-refractivity contribution is -0.143. The average Bonchev–Trinajstić information content (AvgIpc) is 2.97. The van der Waals surface area contributed by atoms with E-state index in [0.29, 0.717) is 19.3 Å². The summed E-state index contributed by atoms with van der Waals surface area (Å²) in [6, 6.07) is 15.0. The Morgan fingerprint density at radius 2 is 1.59 bits per heavy atom. The Morgan fingerprint density at radius 1 is 0.971 bits per heavy atom. The number of hydrogen-bond donors (Lipinski definition) is 3. The normalized spacial score (nSPS) is 20.4. The molecule has 1 unspecified atom stereocenters. The number of alkyl carbamates (subject to hydrolysis) is 1. The highest BCUT2D eigenvalue weighted by Crippen LogP contribution is 2.44. The van der Waals surface area contributed by atoms with Gasteiger partial charge in [0.25, 0.3) is 0 Å². The van der Waals surface area contributed by atoms with Gasteiger partial charge >= 0.3 is 12.1 Å². The molecule has 2 aromatic carbocycles. The molecule has 3 atom stereocenters. The maximum Gasteiger partial charge on any atom is 0.407 e. The smallest absolute Gasteiger partial charge is 0.407 e. The fourth-order valence-corrected chi connectivity index (χ4v) is 5.19. The molecule has 2 amide bonds. The molecule has 34 heavy (non-hydrogen) atoms. The van der Waals surface area contributed by atoms with E-state index in [4.69, 9.17) is 4.74 Å². The molecule has 7 heteroatoms. The van der Waals surface area contributed by atoms with Crippen molar-refractivity contribution in [2.24, 2.45) is 5.92 Å². The van der Waals surface area contributed by atoms with Gasteiger partial charge in [-0.1, -0.05) is 74.7 Å². The van der Waals surface area contributed by atoms with E-state index in [-0.39, 0.29) is 18.4 Å². The first-order valence-electron chi connectivity index (χ1n) is 12.1. The van der Waals surface area contributed by atoms with Gasteiger partial charge in [-0.2, -0.15) is 0 Å². The molecule has 0 saturated heterocycles. The molecular weight excluding hydrogens is 432 g/mol. The fourth-order valence-electron chi connectivity index (χ4n) is 5.19. The topological polar surface area (TPSA) is 105 Å². The van der Waals surface area contributed by atoms with Crippen molar-refractivity contribution >= 4 is 18.0 Å². The molecule has 180 valence electrons. The number of aliphatic carboxylic acids is 1. The summed E-state index contributed by atoms with van der Waals surface area (Å²) in [5.74, 6) is -1.91. The molecule has 0 aliphatic heterocycles. The minimum atomic E-state index is -0.884. The maximum atomic E-state index is 12.9. The summed E-state index contributed by atoms with van der Waals surface area (Å²) in [5.41, 5.74) is 4.53. The van der Waals surface area contributed by atoms with Gasteiger partial charge in [-0.3, -0.25) is 9.59 Å². The van der Waals surface area contributed by atoms with Gasteiger partial charge in [0.2, 0.25) is 5.91 Å². The number of carboxylic acids is 1. The molecule has 0 radical (unpaired) electrons. The molecule has 0 heterocycles. The summed E-state index contributed by atoms with van der Waals surface area (Å²) < 4.78 is 5.57. The van der Waals surface area contributed by atoms with E-state index in [1.54, 1.807) is 6.92 Å². The van der Waals surface area contributed by atoms with Crippen LogP contribution in [0, 0.1) is 5.92 Å². The molecule has 4 rings (SSSR count). The average molecular weight is 465 g/mol. The zero-order valence-corrected chi connectivity index (χ0v) is 19.5. The number of ether oxygens (including phenoxy) is 1. The van der Waals surface area contributed by atoms with Gasteiger partial charge in [-0.25, -0.2) is 4.79 Å². The molecule has 0 spiro atoms. The summed E-state index contributed by atoms with van der Waals surface area (Å²) in [4.78, 5) is 37.1. The quantitative estimate of drug-likeness (QED) is 0.525. The Hall–Kier alpha value is -3.35. The van der Waals surface area contributed by atoms with Gasteiger partial charge in [-0.15, -0.1) is 0 Å². The highest BCUT2D eigenvalue weighted by atomic mass is 16.5. The van der Waals surface area contributed by atoms with Crippen molar-refractivity contribution in [2.45, 2.75) is 63.5 Å². The van der Waals surface area contributed by atoms with Gasteiger partial charge in [0.15, 0.2) is 0 Å². The second kappa shape index (κ2) is 10.7. The van der Waals surface area contributed by atoms with Gasteiger partial charge in [0.1, 0.15) is 12.6 Å². The van der Waals surface area contributed by atoms with Crippen LogP contribution >= 0.6 is 0 Å². The number of hydrogen-bond acceptors (Lipinski definition) is 4. The van der Waals surface area contributed by atoms with Gasteiger partial charge in [0, 0.05) is 12.0 Å². The van der Waals surface area contributed by atoms with E-state index >= 15 is 0 Å². The Bertz CT molecular complexity index is 1010. The van der Waals surface area contributed by atoms with E-state index in [0.717, 1.165) is 41.5 Å². The van der Waals surface area contributed by atoms with E-state index in [2.05, 4.69) is 34.9 Å². The summed E-state index contributed by atoms with van der Waals surface area (Å²) in [7, 11) is 0. The molecular formula is C27H32N2O5. The number of amides is 2. The number of benzene rings is 2. The largest absolute Gasteiger partial charge is 0.481 e. The third kappa shape index (κ3) is 5.08. The van der Waals surface area contributed by atoms with Crippen LogP contribution in [0.4, 0.5) is 4.79 Å². The van der Waals surface area contributed by atoms with Crippen LogP contribution in [-0.2, 0) is 14.3 Å². The van der Waals surface area contributed by atoms with Crippen LogP contribution in [0.5, 0.6) is 0 Å². The second-order valence-electron chi connectivity index (χ2n) is 9.13. The first kappa shape index (κ1) is 23.8. The van der Waals surface area contributed by atoms with E-state index in [9.17, 15) is 19.5 Å². The van der Waals surface area contributed by atoms with Crippen molar-refractivity contribution in [1.29, 1.82) is 0 Å². The Labute approximate surface area is 199 Å². The first-order chi connectivity index (χ1) is 16.5. The molecule has 1 saturated carbocycles. The Kier molecular flexibility index (Phi) is 7.50. The van der Waals surface area contributed by atoms with Crippen molar-refractivity contribution in [3.05, 3.63) is 59.7 Å². The predicted octanol–water partition coefficient (Wildman–Crippen LogP) is 4.45. The Morgan fingerprint density at radius 3 is 2.21 bits per heavy atom. The minimum Gasteiger partial charge on any atom is -0.481 e. The molecule has 2 aliphatic rings. The highest BCUT2D eigenvalue weighted by Gasteiger charge is 2.33. The van der Waals surface area contributed by atoms with Gasteiger partial charge < -0.3 is 20.5 Å². The molecule has 2 aromatic rings. The monoisotopic (exact) mass is 464 g/mol. The number of rotatable bonds is 7. The molecule has 1 fully saturated rings. The molecule has 0 bridgehead atoms. The van der Waals surface area contributed by atoms with Crippen LogP contribution in [0.3, 0.4) is 0 Å². The zero-order chi connectivity index (χ0) is 24.1. The molecule has 0 aromatic heterocycles. The third-order valence-electron chi connectivity index (χ3n) is 7.02. The van der Waals surface area contributed by atoms with Crippen LogP contribution in [0.2, 0.25) is 0 Å². The Balaban J connectivity index is 1.36. The standard InChI is InChI=1S/C27H32N2O5/c1-2-23(25(30)28-24-15-5-3-4-14-21(24)26(31)32)29-27(33)34-16-22-19-12-8-6-10-17(19)18-11-7-9-13-20(18)22/h6-13,21-24H,2-5,14-16H2,1H3,(H,28,30)(H,29,33)(H,31,32)/t21-,23?,24+/m1/s1. The minimum absolute atomic E-state index is 0.0608. The van der Waals surface area contributed by atoms with Crippen molar-refractivity contribution in [1.82, 2.24) is 10.6 Å². The van der Waals surface area contributed by atoms with Gasteiger partial charge in [0.05, 0.1) is 5.92 Å². The predicted molar refractivity (Wildman–Crippen MR) is 128 cm³/mol. The van der Waals surface area contributed by atoms with Crippen LogP contribution < -0.4 is 10.6 Å². The molecule has 3 N–H and O–H groups in total.